The molecule has 2 fully saturated rings. The second kappa shape index (κ2) is 5.81. The molecule has 2 N–H and O–H groups in total. The average molecular weight is 283 g/mol. The van der Waals surface area contributed by atoms with Crippen molar-refractivity contribution in [3.8, 4) is 0 Å². The molecule has 1 saturated carbocycles. The molecule has 19 heavy (non-hydrogen) atoms. The van der Waals surface area contributed by atoms with Crippen LogP contribution in [-0.2, 0) is 10.2 Å². The highest BCUT2D eigenvalue weighted by atomic mass is 32.2. The summed E-state index contributed by atoms with van der Waals surface area (Å²) in [6.07, 6.45) is 5.78. The van der Waals surface area contributed by atoms with Gasteiger partial charge in [-0.2, -0.15) is 16.7 Å². The van der Waals surface area contributed by atoms with Crippen molar-refractivity contribution < 1.29 is 9.26 Å². The van der Waals surface area contributed by atoms with Gasteiger partial charge in [-0.1, -0.05) is 24.4 Å². The van der Waals surface area contributed by atoms with Gasteiger partial charge in [0.15, 0.2) is 0 Å². The van der Waals surface area contributed by atoms with Crippen molar-refractivity contribution in [1.29, 1.82) is 0 Å². The summed E-state index contributed by atoms with van der Waals surface area (Å²) in [6, 6.07) is 0. The summed E-state index contributed by atoms with van der Waals surface area (Å²) in [5.74, 6) is 3.38. The smallest absolute Gasteiger partial charge is 0.234 e. The molecule has 1 unspecified atom stereocenters. The molecule has 0 bridgehead atoms. The van der Waals surface area contributed by atoms with Crippen molar-refractivity contribution in [3.05, 3.63) is 11.7 Å². The highest BCUT2D eigenvalue weighted by molar-refractivity contribution is 7.99. The lowest BCUT2D eigenvalue weighted by Gasteiger charge is -2.32. The molecule has 106 valence electrons. The maximum Gasteiger partial charge on any atom is 0.234 e. The Labute approximate surface area is 117 Å². The number of thioether (sulfide) groups is 1. The van der Waals surface area contributed by atoms with Crippen LogP contribution in [0.3, 0.4) is 0 Å². The second-order valence-corrected chi connectivity index (χ2v) is 6.59. The number of rotatable bonds is 3. The standard InChI is InChI=1S/C13H21N3O2S/c14-9-13(4-2-1-3-5-13)12-15-11(16-18-12)10-8-19-7-6-17-10/h10H,1-9,14H2. The van der Waals surface area contributed by atoms with E-state index in [-0.39, 0.29) is 11.5 Å². The first-order valence-electron chi connectivity index (χ1n) is 7.08. The summed E-state index contributed by atoms with van der Waals surface area (Å²) >= 11 is 1.88. The SMILES string of the molecule is NCC1(c2nc(C3CSCCO3)no2)CCCCC1. The van der Waals surface area contributed by atoms with Crippen molar-refractivity contribution in [1.82, 2.24) is 10.1 Å². The number of hydrogen-bond acceptors (Lipinski definition) is 6. The van der Waals surface area contributed by atoms with Gasteiger partial charge in [-0.25, -0.2) is 0 Å². The largest absolute Gasteiger partial charge is 0.368 e. The Morgan fingerprint density at radius 1 is 1.32 bits per heavy atom. The lowest BCUT2D eigenvalue weighted by Crippen LogP contribution is -2.37. The lowest BCUT2D eigenvalue weighted by molar-refractivity contribution is 0.0677. The van der Waals surface area contributed by atoms with Crippen LogP contribution < -0.4 is 5.73 Å². The molecular formula is C13H21N3O2S. The Bertz CT molecular complexity index is 412. The fraction of sp³-hybridized carbons (Fsp3) is 0.846. The van der Waals surface area contributed by atoms with E-state index in [9.17, 15) is 0 Å². The molecule has 1 aromatic heterocycles. The summed E-state index contributed by atoms with van der Waals surface area (Å²) in [7, 11) is 0. The van der Waals surface area contributed by atoms with Crippen LogP contribution in [0.2, 0.25) is 0 Å². The molecule has 1 aromatic rings. The fourth-order valence-electron chi connectivity index (χ4n) is 2.95. The topological polar surface area (TPSA) is 74.2 Å². The monoisotopic (exact) mass is 283 g/mol. The zero-order valence-corrected chi connectivity index (χ0v) is 12.0. The third-order valence-electron chi connectivity index (χ3n) is 4.20. The summed E-state index contributed by atoms with van der Waals surface area (Å²) < 4.78 is 11.2. The van der Waals surface area contributed by atoms with Gasteiger partial charge in [-0.3, -0.25) is 0 Å². The Kier molecular flexibility index (Phi) is 4.10. The van der Waals surface area contributed by atoms with Gasteiger partial charge in [0, 0.05) is 18.1 Å². The number of nitrogens with two attached hydrogens (primary N) is 1. The second-order valence-electron chi connectivity index (χ2n) is 5.44. The fourth-order valence-corrected chi connectivity index (χ4v) is 3.79. The number of ether oxygens (including phenoxy) is 1. The van der Waals surface area contributed by atoms with Gasteiger partial charge in [0.05, 0.1) is 12.0 Å². The molecule has 6 heteroatoms. The van der Waals surface area contributed by atoms with Gasteiger partial charge >= 0.3 is 0 Å². The third-order valence-corrected chi connectivity index (χ3v) is 5.19. The van der Waals surface area contributed by atoms with E-state index >= 15 is 0 Å². The molecule has 0 amide bonds. The summed E-state index contributed by atoms with van der Waals surface area (Å²) in [4.78, 5) is 4.60. The zero-order chi connectivity index (χ0) is 13.1. The minimum absolute atomic E-state index is 0.0188. The van der Waals surface area contributed by atoms with Gasteiger partial charge in [0.1, 0.15) is 6.10 Å². The van der Waals surface area contributed by atoms with E-state index in [2.05, 4.69) is 10.1 Å². The van der Waals surface area contributed by atoms with Crippen LogP contribution in [0, 0.1) is 0 Å². The number of aromatic nitrogens is 2. The Morgan fingerprint density at radius 2 is 2.16 bits per heavy atom. The van der Waals surface area contributed by atoms with Crippen LogP contribution in [0.25, 0.3) is 0 Å². The van der Waals surface area contributed by atoms with Crippen LogP contribution in [0.15, 0.2) is 4.52 Å². The van der Waals surface area contributed by atoms with E-state index in [1.54, 1.807) is 0 Å². The van der Waals surface area contributed by atoms with Gasteiger partial charge in [0.2, 0.25) is 11.7 Å². The molecule has 0 radical (unpaired) electrons. The first kappa shape index (κ1) is 13.4. The maximum atomic E-state index is 5.99. The minimum Gasteiger partial charge on any atom is -0.368 e. The third kappa shape index (κ3) is 2.66. The minimum atomic E-state index is -0.0920. The molecule has 1 aliphatic heterocycles. The quantitative estimate of drug-likeness (QED) is 0.915. The van der Waals surface area contributed by atoms with E-state index in [1.165, 1.54) is 19.3 Å². The zero-order valence-electron chi connectivity index (χ0n) is 11.1. The van der Waals surface area contributed by atoms with Gasteiger partial charge < -0.3 is 15.0 Å². The highest BCUT2D eigenvalue weighted by Crippen LogP contribution is 2.38. The molecule has 2 aliphatic rings. The van der Waals surface area contributed by atoms with Crippen molar-refractivity contribution in [2.75, 3.05) is 24.7 Å². The number of nitrogens with zero attached hydrogens (tertiary/aromatic N) is 2. The maximum absolute atomic E-state index is 5.99. The van der Waals surface area contributed by atoms with Gasteiger partial charge in [0.25, 0.3) is 0 Å². The summed E-state index contributed by atoms with van der Waals surface area (Å²) in [5.41, 5.74) is 5.90. The van der Waals surface area contributed by atoms with Crippen LogP contribution in [0.4, 0.5) is 0 Å². The molecule has 1 atom stereocenters. The van der Waals surface area contributed by atoms with E-state index < -0.39 is 0 Å². The van der Waals surface area contributed by atoms with E-state index in [0.717, 1.165) is 36.8 Å². The van der Waals surface area contributed by atoms with Crippen LogP contribution in [-0.4, -0.2) is 34.8 Å². The van der Waals surface area contributed by atoms with E-state index in [0.29, 0.717) is 12.4 Å². The molecule has 2 heterocycles. The molecule has 1 saturated heterocycles. The normalized spacial score (nSPS) is 27.3. The van der Waals surface area contributed by atoms with E-state index in [1.807, 2.05) is 11.8 Å². The van der Waals surface area contributed by atoms with Crippen molar-refractivity contribution in [3.63, 3.8) is 0 Å². The molecule has 3 rings (SSSR count). The summed E-state index contributed by atoms with van der Waals surface area (Å²) in [6.45, 7) is 1.36. The average Bonchev–Trinajstić information content (AvgIpc) is 2.99. The Balaban J connectivity index is 1.79. The van der Waals surface area contributed by atoms with Crippen molar-refractivity contribution >= 4 is 11.8 Å². The molecule has 5 nitrogen and oxygen atoms in total. The lowest BCUT2D eigenvalue weighted by atomic mass is 9.74. The van der Waals surface area contributed by atoms with Crippen molar-refractivity contribution in [2.24, 2.45) is 5.73 Å². The van der Waals surface area contributed by atoms with Crippen LogP contribution in [0.5, 0.6) is 0 Å². The first-order valence-corrected chi connectivity index (χ1v) is 8.23. The predicted octanol–water partition coefficient (Wildman–Crippen LogP) is 2.03. The first-order chi connectivity index (χ1) is 9.34. The van der Waals surface area contributed by atoms with Crippen LogP contribution >= 0.6 is 11.8 Å². The molecule has 0 aromatic carbocycles. The van der Waals surface area contributed by atoms with E-state index in [4.69, 9.17) is 15.0 Å². The van der Waals surface area contributed by atoms with Crippen LogP contribution in [0.1, 0.15) is 49.9 Å². The van der Waals surface area contributed by atoms with Gasteiger partial charge in [-0.15, -0.1) is 0 Å². The predicted molar refractivity (Wildman–Crippen MR) is 74.1 cm³/mol. The number of hydrogen-bond donors (Lipinski definition) is 1. The Morgan fingerprint density at radius 3 is 2.84 bits per heavy atom. The Hall–Kier alpha value is -0.590. The molecule has 1 aliphatic carbocycles. The van der Waals surface area contributed by atoms with Gasteiger partial charge in [-0.05, 0) is 12.8 Å². The molecule has 0 spiro atoms. The summed E-state index contributed by atoms with van der Waals surface area (Å²) in [5, 5.41) is 4.13. The highest BCUT2D eigenvalue weighted by Gasteiger charge is 2.38. The molecular weight excluding hydrogens is 262 g/mol. The van der Waals surface area contributed by atoms with Crippen molar-refractivity contribution in [2.45, 2.75) is 43.6 Å².